The molecule has 1 aromatic heterocycles. The Labute approximate surface area is 137 Å². The van der Waals surface area contributed by atoms with Gasteiger partial charge in [-0.15, -0.1) is 5.10 Å². The highest BCUT2D eigenvalue weighted by atomic mass is 32.2. The lowest BCUT2D eigenvalue weighted by Crippen LogP contribution is -2.34. The zero-order chi connectivity index (χ0) is 17.3. The monoisotopic (exact) mass is 356 g/mol. The molecule has 3 N–H and O–H groups in total. The van der Waals surface area contributed by atoms with E-state index in [2.05, 4.69) is 20.8 Å². The molecule has 0 saturated carbocycles. The predicted molar refractivity (Wildman–Crippen MR) is 85.2 cm³/mol. The molecule has 0 saturated heterocycles. The van der Waals surface area contributed by atoms with Crippen molar-refractivity contribution in [2.75, 3.05) is 5.32 Å². The molecule has 1 amide bonds. The molecule has 11 heteroatoms. The first-order valence-corrected chi connectivity index (χ1v) is 8.81. The molecule has 2 rings (SSSR count). The van der Waals surface area contributed by atoms with Crippen LogP contribution in [0.2, 0.25) is 0 Å². The van der Waals surface area contributed by atoms with Gasteiger partial charge in [0, 0.05) is 12.7 Å². The number of nitrogens with zero attached hydrogens (tertiary/aromatic N) is 4. The van der Waals surface area contributed by atoms with Crippen molar-refractivity contribution in [2.45, 2.75) is 28.6 Å². The number of primary sulfonamides is 1. The number of hydrogen-bond acceptors (Lipinski definition) is 7. The molecule has 1 aromatic carbocycles. The third-order valence-corrected chi connectivity index (χ3v) is 5.07. The second-order valence-electron chi connectivity index (χ2n) is 5.22. The summed E-state index contributed by atoms with van der Waals surface area (Å²) in [5, 5.41) is 19.3. The molecular weight excluding hydrogens is 340 g/mol. The van der Waals surface area contributed by atoms with Crippen LogP contribution < -0.4 is 10.5 Å². The van der Waals surface area contributed by atoms with Gasteiger partial charge in [0.1, 0.15) is 0 Å². The molecule has 0 aliphatic heterocycles. The summed E-state index contributed by atoms with van der Waals surface area (Å²) in [6, 6.07) is 5.61. The van der Waals surface area contributed by atoms with Gasteiger partial charge < -0.3 is 5.32 Å². The van der Waals surface area contributed by atoms with Crippen molar-refractivity contribution in [1.82, 2.24) is 20.2 Å². The summed E-state index contributed by atoms with van der Waals surface area (Å²) in [5.74, 6) is -0.270. The number of amides is 1. The van der Waals surface area contributed by atoms with E-state index in [9.17, 15) is 13.2 Å². The summed E-state index contributed by atoms with van der Waals surface area (Å²) in [4.78, 5) is 12.4. The van der Waals surface area contributed by atoms with Gasteiger partial charge in [0.2, 0.25) is 21.1 Å². The largest absolute Gasteiger partial charge is 0.325 e. The summed E-state index contributed by atoms with van der Waals surface area (Å²) >= 11 is 1.21. The van der Waals surface area contributed by atoms with E-state index in [0.29, 0.717) is 10.8 Å². The van der Waals surface area contributed by atoms with Crippen LogP contribution in [0.3, 0.4) is 0 Å². The highest BCUT2D eigenvalue weighted by Crippen LogP contribution is 2.31. The summed E-state index contributed by atoms with van der Waals surface area (Å²) in [6.07, 6.45) is 0. The van der Waals surface area contributed by atoms with Crippen LogP contribution in [0, 0.1) is 0 Å². The summed E-state index contributed by atoms with van der Waals surface area (Å²) in [7, 11) is -2.07. The molecule has 1 heterocycles. The number of sulfonamides is 1. The Morgan fingerprint density at radius 1 is 1.30 bits per heavy atom. The molecule has 0 atom stereocenters. The maximum atomic E-state index is 12.4. The van der Waals surface area contributed by atoms with Gasteiger partial charge in [0.05, 0.1) is 9.64 Å². The number of nitrogens with one attached hydrogen (secondary N) is 1. The number of aryl methyl sites for hydroxylation is 1. The maximum Gasteiger partial charge on any atom is 0.240 e. The Kier molecular flexibility index (Phi) is 4.73. The van der Waals surface area contributed by atoms with E-state index in [1.165, 1.54) is 40.7 Å². The van der Waals surface area contributed by atoms with Crippen molar-refractivity contribution in [3.63, 3.8) is 0 Å². The normalized spacial score (nSPS) is 12.2. The van der Waals surface area contributed by atoms with E-state index >= 15 is 0 Å². The van der Waals surface area contributed by atoms with E-state index in [4.69, 9.17) is 5.14 Å². The maximum absolute atomic E-state index is 12.4. The van der Waals surface area contributed by atoms with Gasteiger partial charge in [-0.05, 0) is 48.5 Å². The van der Waals surface area contributed by atoms with Crippen molar-refractivity contribution in [3.8, 4) is 0 Å². The fourth-order valence-corrected chi connectivity index (χ4v) is 2.95. The molecule has 0 aliphatic carbocycles. The second kappa shape index (κ2) is 6.26. The van der Waals surface area contributed by atoms with E-state index in [1.807, 2.05) is 0 Å². The first-order chi connectivity index (χ1) is 10.6. The minimum Gasteiger partial charge on any atom is -0.325 e. The molecular formula is C12H16N6O3S2. The van der Waals surface area contributed by atoms with Crippen LogP contribution in [0.25, 0.3) is 0 Å². The third-order valence-electron chi connectivity index (χ3n) is 2.92. The number of carbonyl (C=O) groups is 1. The molecule has 9 nitrogen and oxygen atoms in total. The molecule has 0 fully saturated rings. The van der Waals surface area contributed by atoms with Crippen LogP contribution >= 0.6 is 11.8 Å². The van der Waals surface area contributed by atoms with Gasteiger partial charge in [-0.3, -0.25) is 4.79 Å². The highest BCUT2D eigenvalue weighted by molar-refractivity contribution is 8.01. The molecule has 0 unspecified atom stereocenters. The number of rotatable bonds is 5. The van der Waals surface area contributed by atoms with Crippen molar-refractivity contribution in [1.29, 1.82) is 0 Å². The number of carbonyl (C=O) groups excluding carboxylic acids is 1. The minimum absolute atomic E-state index is 0.0192. The smallest absolute Gasteiger partial charge is 0.240 e. The Balaban J connectivity index is 2.10. The molecule has 0 aliphatic rings. The highest BCUT2D eigenvalue weighted by Gasteiger charge is 2.31. The van der Waals surface area contributed by atoms with Crippen LogP contribution in [0.4, 0.5) is 5.69 Å². The molecule has 0 spiro atoms. The average molecular weight is 356 g/mol. The van der Waals surface area contributed by atoms with Crippen molar-refractivity contribution >= 4 is 33.4 Å². The van der Waals surface area contributed by atoms with Gasteiger partial charge in [-0.1, -0.05) is 11.8 Å². The van der Waals surface area contributed by atoms with Gasteiger partial charge >= 0.3 is 0 Å². The van der Waals surface area contributed by atoms with Crippen molar-refractivity contribution in [3.05, 3.63) is 24.3 Å². The lowest BCUT2D eigenvalue weighted by atomic mass is 10.2. The Bertz CT molecular complexity index is 814. The lowest BCUT2D eigenvalue weighted by molar-refractivity contribution is -0.117. The fourth-order valence-electron chi connectivity index (χ4n) is 1.59. The Hall–Kier alpha value is -1.98. The third kappa shape index (κ3) is 4.27. The predicted octanol–water partition coefficient (Wildman–Crippen LogP) is 0.367. The molecule has 23 heavy (non-hydrogen) atoms. The summed E-state index contributed by atoms with van der Waals surface area (Å²) in [6.45, 7) is 3.47. The fraction of sp³-hybridized carbons (Fsp3) is 0.333. The lowest BCUT2D eigenvalue weighted by Gasteiger charge is -2.21. The molecule has 0 bridgehead atoms. The van der Waals surface area contributed by atoms with Crippen LogP contribution in [-0.2, 0) is 21.9 Å². The number of hydrogen-bond donors (Lipinski definition) is 2. The SMILES string of the molecule is Cn1nnnc1SC(C)(C)C(=O)Nc1ccc(S(N)(=O)=O)cc1. The van der Waals surface area contributed by atoms with Gasteiger partial charge in [0.25, 0.3) is 0 Å². The van der Waals surface area contributed by atoms with Gasteiger partial charge in [-0.2, -0.15) is 0 Å². The van der Waals surface area contributed by atoms with Gasteiger partial charge in [-0.25, -0.2) is 18.2 Å². The standard InChI is InChI=1S/C12H16N6O3S2/c1-12(2,22-11-15-16-17-18(11)3)10(19)14-8-4-6-9(7-5-8)23(13,20)21/h4-7H,1-3H3,(H,14,19)(H2,13,20,21). The Morgan fingerprint density at radius 3 is 2.39 bits per heavy atom. The Morgan fingerprint density at radius 2 is 1.91 bits per heavy atom. The van der Waals surface area contributed by atoms with E-state index in [1.54, 1.807) is 20.9 Å². The first-order valence-electron chi connectivity index (χ1n) is 6.45. The number of aromatic nitrogens is 4. The molecule has 0 radical (unpaired) electrons. The van der Waals surface area contributed by atoms with Crippen LogP contribution in [0.5, 0.6) is 0 Å². The number of nitrogens with two attached hydrogens (primary N) is 1. The number of tetrazole rings is 1. The van der Waals surface area contributed by atoms with E-state index in [-0.39, 0.29) is 10.8 Å². The summed E-state index contributed by atoms with van der Waals surface area (Å²) in [5.41, 5.74) is 0.465. The van der Waals surface area contributed by atoms with Crippen molar-refractivity contribution in [2.24, 2.45) is 12.2 Å². The zero-order valence-corrected chi connectivity index (χ0v) is 14.3. The number of benzene rings is 1. The average Bonchev–Trinajstić information content (AvgIpc) is 2.83. The van der Waals surface area contributed by atoms with E-state index in [0.717, 1.165) is 0 Å². The number of thioether (sulfide) groups is 1. The quantitative estimate of drug-likeness (QED) is 0.739. The van der Waals surface area contributed by atoms with Crippen LogP contribution in [0.15, 0.2) is 34.3 Å². The van der Waals surface area contributed by atoms with Crippen LogP contribution in [-0.4, -0.2) is 39.3 Å². The van der Waals surface area contributed by atoms with E-state index < -0.39 is 14.8 Å². The number of anilines is 1. The van der Waals surface area contributed by atoms with Crippen LogP contribution in [0.1, 0.15) is 13.8 Å². The molecule has 2 aromatic rings. The summed E-state index contributed by atoms with van der Waals surface area (Å²) < 4.78 is 23.0. The molecule has 124 valence electrons. The van der Waals surface area contributed by atoms with Crippen molar-refractivity contribution < 1.29 is 13.2 Å². The minimum atomic E-state index is -3.76. The topological polar surface area (TPSA) is 133 Å². The second-order valence-corrected chi connectivity index (χ2v) is 8.37. The van der Waals surface area contributed by atoms with Gasteiger partial charge in [0.15, 0.2) is 0 Å². The first kappa shape index (κ1) is 17.4. The zero-order valence-electron chi connectivity index (χ0n) is 12.7.